The standard InChI is InChI=1S/C21H26N4O3/c1-23(15-19(26)24-10-12-28-13-11-24)21(27)17-8-5-9-25-18(14-22-20(17)25)16-6-3-2-4-7-16/h2-4,6-7,14,17H,5,8-13,15H2,1H3. The Balaban J connectivity index is 1.49. The van der Waals surface area contributed by atoms with Gasteiger partial charge in [-0.05, 0) is 18.4 Å². The van der Waals surface area contributed by atoms with E-state index in [1.165, 1.54) is 0 Å². The molecule has 28 heavy (non-hydrogen) atoms. The number of hydrogen-bond acceptors (Lipinski definition) is 4. The molecule has 1 aromatic carbocycles. The molecule has 0 bridgehead atoms. The predicted octanol–water partition coefficient (Wildman–Crippen LogP) is 1.74. The van der Waals surface area contributed by atoms with Crippen molar-refractivity contribution in [1.29, 1.82) is 0 Å². The molecule has 0 saturated carbocycles. The highest BCUT2D eigenvalue weighted by molar-refractivity contribution is 5.88. The van der Waals surface area contributed by atoms with Crippen LogP contribution in [0.5, 0.6) is 0 Å². The molecular weight excluding hydrogens is 356 g/mol. The number of nitrogens with zero attached hydrogens (tertiary/aromatic N) is 4. The van der Waals surface area contributed by atoms with E-state index in [0.29, 0.717) is 26.3 Å². The van der Waals surface area contributed by atoms with Gasteiger partial charge in [0.05, 0.1) is 37.6 Å². The van der Waals surface area contributed by atoms with Gasteiger partial charge in [0.15, 0.2) is 0 Å². The van der Waals surface area contributed by atoms with Gasteiger partial charge in [-0.1, -0.05) is 30.3 Å². The van der Waals surface area contributed by atoms with Crippen molar-refractivity contribution in [3.63, 3.8) is 0 Å². The van der Waals surface area contributed by atoms with Crippen molar-refractivity contribution in [2.75, 3.05) is 39.9 Å². The van der Waals surface area contributed by atoms with Gasteiger partial charge in [-0.3, -0.25) is 9.59 Å². The third-order valence-electron chi connectivity index (χ3n) is 5.55. The topological polar surface area (TPSA) is 67.7 Å². The van der Waals surface area contributed by atoms with E-state index >= 15 is 0 Å². The summed E-state index contributed by atoms with van der Waals surface area (Å²) in [4.78, 5) is 33.5. The maximum absolute atomic E-state index is 13.1. The molecule has 0 radical (unpaired) electrons. The van der Waals surface area contributed by atoms with Crippen LogP contribution in [0.3, 0.4) is 0 Å². The largest absolute Gasteiger partial charge is 0.378 e. The first kappa shape index (κ1) is 18.7. The van der Waals surface area contributed by atoms with Gasteiger partial charge in [-0.2, -0.15) is 0 Å². The average Bonchev–Trinajstić information content (AvgIpc) is 3.18. The normalized spacial score (nSPS) is 19.2. The van der Waals surface area contributed by atoms with Crippen LogP contribution in [0.25, 0.3) is 11.3 Å². The molecule has 2 aliphatic rings. The monoisotopic (exact) mass is 382 g/mol. The first-order valence-electron chi connectivity index (χ1n) is 9.86. The number of imidazole rings is 1. The smallest absolute Gasteiger partial charge is 0.242 e. The van der Waals surface area contributed by atoms with Gasteiger partial charge in [0.2, 0.25) is 11.8 Å². The number of hydrogen-bond donors (Lipinski definition) is 0. The van der Waals surface area contributed by atoms with Gasteiger partial charge in [0.25, 0.3) is 0 Å². The van der Waals surface area contributed by atoms with E-state index in [0.717, 1.165) is 36.5 Å². The van der Waals surface area contributed by atoms with Gasteiger partial charge in [-0.15, -0.1) is 0 Å². The highest BCUT2D eigenvalue weighted by atomic mass is 16.5. The summed E-state index contributed by atoms with van der Waals surface area (Å²) >= 11 is 0. The number of aromatic nitrogens is 2. The minimum Gasteiger partial charge on any atom is -0.378 e. The Bertz CT molecular complexity index is 843. The fraction of sp³-hybridized carbons (Fsp3) is 0.476. The van der Waals surface area contributed by atoms with Crippen LogP contribution in [-0.4, -0.2) is 71.1 Å². The summed E-state index contributed by atoms with van der Waals surface area (Å²) in [7, 11) is 1.71. The SMILES string of the molecule is CN(CC(=O)N1CCOCC1)C(=O)C1CCCn2c(-c3ccccc3)cnc21. The fourth-order valence-electron chi connectivity index (χ4n) is 4.02. The number of carbonyl (C=O) groups excluding carboxylic acids is 2. The van der Waals surface area contributed by atoms with Crippen LogP contribution in [0.4, 0.5) is 0 Å². The van der Waals surface area contributed by atoms with Crippen LogP contribution in [-0.2, 0) is 20.9 Å². The van der Waals surface area contributed by atoms with Gasteiger partial charge in [0, 0.05) is 26.7 Å². The molecule has 0 spiro atoms. The number of carbonyl (C=O) groups is 2. The molecule has 1 unspecified atom stereocenters. The second-order valence-electron chi connectivity index (χ2n) is 7.40. The number of amides is 2. The van der Waals surface area contributed by atoms with Crippen molar-refractivity contribution in [3.8, 4) is 11.3 Å². The van der Waals surface area contributed by atoms with Gasteiger partial charge < -0.3 is 19.1 Å². The molecule has 0 N–H and O–H groups in total. The first-order valence-corrected chi connectivity index (χ1v) is 9.86. The van der Waals surface area contributed by atoms with Crippen molar-refractivity contribution in [2.45, 2.75) is 25.3 Å². The lowest BCUT2D eigenvalue weighted by atomic mass is 9.97. The Kier molecular flexibility index (Phi) is 5.43. The Labute approximate surface area is 164 Å². The van der Waals surface area contributed by atoms with Crippen LogP contribution in [0, 0.1) is 0 Å². The van der Waals surface area contributed by atoms with Crippen LogP contribution in [0.1, 0.15) is 24.6 Å². The molecule has 1 aromatic heterocycles. The minimum atomic E-state index is -0.297. The highest BCUT2D eigenvalue weighted by Crippen LogP contribution is 2.32. The molecule has 2 aliphatic heterocycles. The van der Waals surface area contributed by atoms with Crippen LogP contribution in [0.15, 0.2) is 36.5 Å². The van der Waals surface area contributed by atoms with Crippen LogP contribution in [0.2, 0.25) is 0 Å². The minimum absolute atomic E-state index is 0.0247. The van der Waals surface area contributed by atoms with E-state index in [4.69, 9.17) is 4.74 Å². The molecule has 2 amide bonds. The summed E-state index contributed by atoms with van der Waals surface area (Å²) in [5, 5.41) is 0. The Morgan fingerprint density at radius 3 is 2.68 bits per heavy atom. The summed E-state index contributed by atoms with van der Waals surface area (Å²) in [5.74, 6) is 0.450. The number of ether oxygens (including phenoxy) is 1. The van der Waals surface area contributed by atoms with E-state index in [2.05, 4.69) is 21.7 Å². The van der Waals surface area contributed by atoms with Gasteiger partial charge in [0.1, 0.15) is 5.82 Å². The zero-order valence-corrected chi connectivity index (χ0v) is 16.2. The first-order chi connectivity index (χ1) is 13.6. The average molecular weight is 382 g/mol. The quantitative estimate of drug-likeness (QED) is 0.808. The fourth-order valence-corrected chi connectivity index (χ4v) is 4.02. The second kappa shape index (κ2) is 8.14. The summed E-state index contributed by atoms with van der Waals surface area (Å²) in [6.45, 7) is 3.27. The van der Waals surface area contributed by atoms with E-state index in [-0.39, 0.29) is 24.3 Å². The highest BCUT2D eigenvalue weighted by Gasteiger charge is 2.33. The molecule has 7 nitrogen and oxygen atoms in total. The number of benzene rings is 1. The van der Waals surface area contributed by atoms with Crippen molar-refractivity contribution in [1.82, 2.24) is 19.4 Å². The molecule has 4 rings (SSSR count). The van der Waals surface area contributed by atoms with E-state index in [9.17, 15) is 9.59 Å². The van der Waals surface area contributed by atoms with Crippen LogP contribution < -0.4 is 0 Å². The van der Waals surface area contributed by atoms with E-state index in [1.54, 1.807) is 16.8 Å². The predicted molar refractivity (Wildman–Crippen MR) is 105 cm³/mol. The summed E-state index contributed by atoms with van der Waals surface area (Å²) in [5.41, 5.74) is 2.14. The Morgan fingerprint density at radius 1 is 1.18 bits per heavy atom. The van der Waals surface area contributed by atoms with Crippen molar-refractivity contribution < 1.29 is 14.3 Å². The van der Waals surface area contributed by atoms with Crippen molar-refractivity contribution in [3.05, 3.63) is 42.4 Å². The van der Waals surface area contributed by atoms with Gasteiger partial charge in [-0.25, -0.2) is 4.98 Å². The molecule has 1 atom stereocenters. The molecule has 7 heteroatoms. The van der Waals surface area contributed by atoms with Crippen molar-refractivity contribution in [2.24, 2.45) is 0 Å². The lowest BCUT2D eigenvalue weighted by Crippen LogP contribution is -2.47. The maximum Gasteiger partial charge on any atom is 0.242 e. The van der Waals surface area contributed by atoms with Crippen LogP contribution >= 0.6 is 0 Å². The number of rotatable bonds is 4. The molecule has 1 saturated heterocycles. The molecule has 148 valence electrons. The van der Waals surface area contributed by atoms with E-state index < -0.39 is 0 Å². The summed E-state index contributed by atoms with van der Waals surface area (Å²) < 4.78 is 7.44. The number of fused-ring (bicyclic) bond motifs is 1. The third kappa shape index (κ3) is 3.67. The molecule has 0 aliphatic carbocycles. The van der Waals surface area contributed by atoms with E-state index in [1.807, 2.05) is 24.4 Å². The zero-order chi connectivity index (χ0) is 19.5. The lowest BCUT2D eigenvalue weighted by molar-refractivity contribution is -0.142. The molecule has 3 heterocycles. The molecular formula is C21H26N4O3. The summed E-state index contributed by atoms with van der Waals surface area (Å²) in [6.07, 6.45) is 3.54. The third-order valence-corrected chi connectivity index (χ3v) is 5.55. The van der Waals surface area contributed by atoms with Crippen molar-refractivity contribution >= 4 is 11.8 Å². The second-order valence-corrected chi connectivity index (χ2v) is 7.40. The zero-order valence-electron chi connectivity index (χ0n) is 16.2. The Morgan fingerprint density at radius 2 is 1.93 bits per heavy atom. The maximum atomic E-state index is 13.1. The summed E-state index contributed by atoms with van der Waals surface area (Å²) in [6, 6.07) is 10.1. The number of likely N-dealkylation sites (N-methyl/N-ethyl adjacent to an activating group) is 1. The molecule has 1 fully saturated rings. The Hall–Kier alpha value is -2.67. The lowest BCUT2D eigenvalue weighted by Gasteiger charge is -2.31. The number of morpholine rings is 1. The van der Waals surface area contributed by atoms with Gasteiger partial charge >= 0.3 is 0 Å². The molecule has 2 aromatic rings.